The Morgan fingerprint density at radius 3 is 0.724 bits per heavy atom. The monoisotopic (exact) mass is 378 g/mol. The molecule has 0 aromatic heterocycles. The highest BCUT2D eigenvalue weighted by atomic mass is 15.3. The third-order valence-corrected chi connectivity index (χ3v) is 5.44. The molecule has 1 nitrogen and oxygen atoms in total. The van der Waals surface area contributed by atoms with Crippen LogP contribution in [0.2, 0.25) is 0 Å². The molecule has 0 fully saturated rings. The first-order valence-corrected chi connectivity index (χ1v) is 10.3. The summed E-state index contributed by atoms with van der Waals surface area (Å²) >= 11 is 0. The maximum absolute atomic E-state index is 2.26. The van der Waals surface area contributed by atoms with Gasteiger partial charge < -0.3 is 4.48 Å². The van der Waals surface area contributed by atoms with Gasteiger partial charge >= 0.3 is 0 Å². The fraction of sp³-hybridized carbons (Fsp3) is 0.143. The Morgan fingerprint density at radius 2 is 0.517 bits per heavy atom. The van der Waals surface area contributed by atoms with Crippen LogP contribution >= 0.6 is 0 Å². The number of rotatable bonds is 8. The minimum Gasteiger partial charge on any atom is -0.309 e. The average molecular weight is 379 g/mol. The van der Waals surface area contributed by atoms with E-state index in [1.54, 1.807) is 0 Å². The van der Waals surface area contributed by atoms with Gasteiger partial charge in [0.15, 0.2) is 0 Å². The number of quaternary nitrogens is 1. The third kappa shape index (κ3) is 5.43. The van der Waals surface area contributed by atoms with Crippen molar-refractivity contribution in [2.75, 3.05) is 0 Å². The van der Waals surface area contributed by atoms with Gasteiger partial charge in [-0.3, -0.25) is 0 Å². The van der Waals surface area contributed by atoms with Crippen LogP contribution in [-0.2, 0) is 26.2 Å². The van der Waals surface area contributed by atoms with E-state index in [1.807, 2.05) is 0 Å². The van der Waals surface area contributed by atoms with Gasteiger partial charge in [0.2, 0.25) is 0 Å². The molecule has 0 spiro atoms. The van der Waals surface area contributed by atoms with E-state index in [0.717, 1.165) is 30.7 Å². The predicted octanol–water partition coefficient (Wildman–Crippen LogP) is 6.60. The summed E-state index contributed by atoms with van der Waals surface area (Å²) in [5, 5.41) is 0. The summed E-state index contributed by atoms with van der Waals surface area (Å²) in [6, 6.07) is 43.7. The van der Waals surface area contributed by atoms with Gasteiger partial charge in [-0.2, -0.15) is 0 Å². The second kappa shape index (κ2) is 9.36. The highest BCUT2D eigenvalue weighted by Gasteiger charge is 2.29. The van der Waals surface area contributed by atoms with Crippen LogP contribution in [0.25, 0.3) is 0 Å². The van der Waals surface area contributed by atoms with Crippen molar-refractivity contribution < 1.29 is 4.48 Å². The standard InChI is InChI=1S/C28H28N/c1-5-13-25(14-6-1)21-29(22-26-15-7-2-8-16-26,23-27-17-9-3-10-18-27)24-28-19-11-4-12-20-28/h1-20H,21-24H2/q+1. The average Bonchev–Trinajstić information content (AvgIpc) is 2.76. The molecule has 0 heterocycles. The van der Waals surface area contributed by atoms with Crippen molar-refractivity contribution in [3.63, 3.8) is 0 Å². The Labute approximate surface area is 174 Å². The zero-order valence-corrected chi connectivity index (χ0v) is 16.8. The molecule has 0 saturated heterocycles. The van der Waals surface area contributed by atoms with Crippen molar-refractivity contribution in [1.29, 1.82) is 0 Å². The van der Waals surface area contributed by atoms with Gasteiger partial charge in [0, 0.05) is 22.3 Å². The first kappa shape index (κ1) is 19.2. The molecule has 1 heteroatoms. The van der Waals surface area contributed by atoms with Gasteiger partial charge in [-0.05, 0) is 0 Å². The fourth-order valence-corrected chi connectivity index (χ4v) is 4.22. The molecule has 4 aromatic rings. The molecule has 0 aliphatic carbocycles. The lowest BCUT2D eigenvalue weighted by atomic mass is 10.0. The molecular formula is C28H28N+. The lowest BCUT2D eigenvalue weighted by Gasteiger charge is -2.39. The number of hydrogen-bond donors (Lipinski definition) is 0. The van der Waals surface area contributed by atoms with E-state index in [1.165, 1.54) is 22.3 Å². The van der Waals surface area contributed by atoms with Crippen LogP contribution in [0.15, 0.2) is 121 Å². The van der Waals surface area contributed by atoms with Crippen LogP contribution in [0.5, 0.6) is 0 Å². The molecule has 0 N–H and O–H groups in total. The van der Waals surface area contributed by atoms with Crippen LogP contribution in [0.4, 0.5) is 0 Å². The topological polar surface area (TPSA) is 0 Å². The quantitative estimate of drug-likeness (QED) is 0.303. The molecule has 0 radical (unpaired) electrons. The molecule has 144 valence electrons. The fourth-order valence-electron chi connectivity index (χ4n) is 4.22. The lowest BCUT2D eigenvalue weighted by Crippen LogP contribution is -2.45. The van der Waals surface area contributed by atoms with Gasteiger partial charge in [0.25, 0.3) is 0 Å². The van der Waals surface area contributed by atoms with E-state index in [2.05, 4.69) is 121 Å². The van der Waals surface area contributed by atoms with Crippen molar-refractivity contribution in [2.24, 2.45) is 0 Å². The van der Waals surface area contributed by atoms with Crippen LogP contribution in [-0.4, -0.2) is 4.48 Å². The van der Waals surface area contributed by atoms with Crippen LogP contribution < -0.4 is 0 Å². The molecule has 29 heavy (non-hydrogen) atoms. The Bertz CT molecular complexity index is 808. The number of nitrogens with zero attached hydrogens (tertiary/aromatic N) is 1. The van der Waals surface area contributed by atoms with E-state index >= 15 is 0 Å². The maximum Gasteiger partial charge on any atom is 0.105 e. The molecule has 0 aliphatic rings. The molecule has 0 unspecified atom stereocenters. The molecule has 4 rings (SSSR count). The van der Waals surface area contributed by atoms with Gasteiger partial charge in [0.05, 0.1) is 0 Å². The predicted molar refractivity (Wildman–Crippen MR) is 121 cm³/mol. The Kier molecular flexibility index (Phi) is 6.19. The van der Waals surface area contributed by atoms with E-state index in [4.69, 9.17) is 0 Å². The summed E-state index contributed by atoms with van der Waals surface area (Å²) in [7, 11) is 0. The molecule has 0 atom stereocenters. The summed E-state index contributed by atoms with van der Waals surface area (Å²) in [4.78, 5) is 0. The summed E-state index contributed by atoms with van der Waals surface area (Å²) in [6.07, 6.45) is 0. The highest BCUT2D eigenvalue weighted by Crippen LogP contribution is 2.27. The molecule has 4 aromatic carbocycles. The maximum atomic E-state index is 2.26. The second-order valence-electron chi connectivity index (χ2n) is 7.92. The van der Waals surface area contributed by atoms with Crippen molar-refractivity contribution >= 4 is 0 Å². The summed E-state index contributed by atoms with van der Waals surface area (Å²) in [5.41, 5.74) is 5.54. The van der Waals surface area contributed by atoms with Gasteiger partial charge in [-0.1, -0.05) is 121 Å². The van der Waals surface area contributed by atoms with Crippen molar-refractivity contribution in [2.45, 2.75) is 26.2 Å². The minimum absolute atomic E-state index is 0.960. The number of benzene rings is 4. The molecule has 0 saturated carbocycles. The van der Waals surface area contributed by atoms with E-state index in [0.29, 0.717) is 0 Å². The third-order valence-electron chi connectivity index (χ3n) is 5.44. The van der Waals surface area contributed by atoms with Crippen LogP contribution in [0.3, 0.4) is 0 Å². The van der Waals surface area contributed by atoms with Crippen LogP contribution in [0.1, 0.15) is 22.3 Å². The molecule has 0 bridgehead atoms. The summed E-state index contributed by atoms with van der Waals surface area (Å²) in [5.74, 6) is 0. The van der Waals surface area contributed by atoms with Crippen molar-refractivity contribution in [1.82, 2.24) is 0 Å². The largest absolute Gasteiger partial charge is 0.309 e. The summed E-state index contributed by atoms with van der Waals surface area (Å²) < 4.78 is 0.960. The Hall–Kier alpha value is -3.16. The Balaban J connectivity index is 1.75. The second-order valence-corrected chi connectivity index (χ2v) is 7.92. The van der Waals surface area contributed by atoms with Gasteiger partial charge in [-0.25, -0.2) is 0 Å². The highest BCUT2D eigenvalue weighted by molar-refractivity contribution is 5.19. The first-order chi connectivity index (χ1) is 14.3. The zero-order valence-electron chi connectivity index (χ0n) is 16.8. The smallest absolute Gasteiger partial charge is 0.105 e. The van der Waals surface area contributed by atoms with Crippen molar-refractivity contribution in [3.8, 4) is 0 Å². The van der Waals surface area contributed by atoms with Crippen LogP contribution in [0, 0.1) is 0 Å². The van der Waals surface area contributed by atoms with E-state index in [9.17, 15) is 0 Å². The zero-order chi connectivity index (χ0) is 19.8. The number of hydrogen-bond acceptors (Lipinski definition) is 0. The minimum atomic E-state index is 0.960. The molecular weight excluding hydrogens is 350 g/mol. The lowest BCUT2D eigenvalue weighted by molar-refractivity contribution is -0.978. The Morgan fingerprint density at radius 1 is 0.310 bits per heavy atom. The van der Waals surface area contributed by atoms with Gasteiger partial charge in [-0.15, -0.1) is 0 Å². The normalized spacial score (nSPS) is 11.3. The van der Waals surface area contributed by atoms with E-state index < -0.39 is 0 Å². The van der Waals surface area contributed by atoms with E-state index in [-0.39, 0.29) is 0 Å². The summed E-state index contributed by atoms with van der Waals surface area (Å²) in [6.45, 7) is 4.00. The van der Waals surface area contributed by atoms with Crippen molar-refractivity contribution in [3.05, 3.63) is 144 Å². The van der Waals surface area contributed by atoms with Gasteiger partial charge in [0.1, 0.15) is 26.2 Å². The first-order valence-electron chi connectivity index (χ1n) is 10.3. The molecule has 0 amide bonds. The SMILES string of the molecule is c1ccc(C[N+](Cc2ccccc2)(Cc2ccccc2)Cc2ccccc2)cc1. The molecule has 0 aliphatic heterocycles.